The zero-order valence-corrected chi connectivity index (χ0v) is 13.5. The summed E-state index contributed by atoms with van der Waals surface area (Å²) in [5, 5.41) is 0. The Bertz CT molecular complexity index is 819. The molecule has 0 saturated carbocycles. The Labute approximate surface area is 139 Å². The van der Waals surface area contributed by atoms with Crippen LogP contribution in [-0.4, -0.2) is 51.9 Å². The van der Waals surface area contributed by atoms with Gasteiger partial charge in [0.15, 0.2) is 0 Å². The summed E-state index contributed by atoms with van der Waals surface area (Å²) in [7, 11) is 0. The predicted octanol–water partition coefficient (Wildman–Crippen LogP) is 0.682. The van der Waals surface area contributed by atoms with E-state index in [9.17, 15) is 9.59 Å². The number of rotatable bonds is 2. The van der Waals surface area contributed by atoms with Gasteiger partial charge in [0.05, 0.1) is 0 Å². The lowest BCUT2D eigenvalue weighted by Crippen LogP contribution is -2.34. The van der Waals surface area contributed by atoms with E-state index in [0.29, 0.717) is 17.4 Å². The third kappa shape index (κ3) is 2.66. The second kappa shape index (κ2) is 5.74. The molecule has 0 spiro atoms. The van der Waals surface area contributed by atoms with Gasteiger partial charge in [-0.1, -0.05) is 0 Å². The van der Waals surface area contributed by atoms with E-state index in [2.05, 4.69) is 19.9 Å². The van der Waals surface area contributed by atoms with Gasteiger partial charge in [0, 0.05) is 67.6 Å². The number of carbonyl (C=O) groups is 1. The molecule has 0 aliphatic carbocycles. The van der Waals surface area contributed by atoms with Crippen LogP contribution in [-0.2, 0) is 0 Å². The van der Waals surface area contributed by atoms with Crippen molar-refractivity contribution in [1.29, 1.82) is 0 Å². The lowest BCUT2D eigenvalue weighted by atomic mass is 10.0. The summed E-state index contributed by atoms with van der Waals surface area (Å²) >= 11 is 0. The molecule has 7 heteroatoms. The first-order chi connectivity index (χ1) is 11.6. The summed E-state index contributed by atoms with van der Waals surface area (Å²) in [5.41, 5.74) is 1.18. The highest BCUT2D eigenvalue weighted by molar-refractivity contribution is 5.94. The Hall–Kier alpha value is -2.70. The number of amides is 1. The van der Waals surface area contributed by atoms with Crippen LogP contribution in [0.25, 0.3) is 0 Å². The van der Waals surface area contributed by atoms with Gasteiger partial charge < -0.3 is 14.8 Å². The monoisotopic (exact) mass is 325 g/mol. The number of nitrogens with one attached hydrogen (secondary N) is 1. The van der Waals surface area contributed by atoms with Gasteiger partial charge in [-0.05, 0) is 13.0 Å². The zero-order chi connectivity index (χ0) is 16.7. The summed E-state index contributed by atoms with van der Waals surface area (Å²) in [6, 6.07) is 5.03. The third-order valence-electron chi connectivity index (χ3n) is 4.91. The van der Waals surface area contributed by atoms with E-state index >= 15 is 0 Å². The first kappa shape index (κ1) is 14.9. The number of aryl methyl sites for hydroxylation is 1. The van der Waals surface area contributed by atoms with E-state index in [4.69, 9.17) is 0 Å². The molecule has 0 radical (unpaired) electrons. The maximum atomic E-state index is 12.6. The number of H-pyrrole nitrogens is 1. The number of likely N-dealkylation sites (tertiary alicyclic amines) is 1. The van der Waals surface area contributed by atoms with Crippen LogP contribution in [0.1, 0.15) is 16.1 Å². The lowest BCUT2D eigenvalue weighted by molar-refractivity contribution is 0.0782. The van der Waals surface area contributed by atoms with E-state index < -0.39 is 0 Å². The number of carbonyl (C=O) groups excluding carboxylic acids is 1. The molecular formula is C17H19N5O2. The van der Waals surface area contributed by atoms with Crippen LogP contribution in [0.4, 0.5) is 5.82 Å². The number of aromatic amines is 1. The zero-order valence-electron chi connectivity index (χ0n) is 13.5. The Morgan fingerprint density at radius 1 is 1.17 bits per heavy atom. The average Bonchev–Trinajstić information content (AvgIpc) is 3.13. The molecule has 1 N–H and O–H groups in total. The second-order valence-electron chi connectivity index (χ2n) is 6.59. The van der Waals surface area contributed by atoms with Crippen molar-refractivity contribution in [2.45, 2.75) is 6.92 Å². The molecule has 124 valence electrons. The minimum absolute atomic E-state index is 0.0556. The molecule has 2 aliphatic rings. The molecule has 2 saturated heterocycles. The molecule has 24 heavy (non-hydrogen) atoms. The Morgan fingerprint density at radius 3 is 2.58 bits per heavy atom. The van der Waals surface area contributed by atoms with Gasteiger partial charge in [-0.3, -0.25) is 9.59 Å². The fourth-order valence-electron chi connectivity index (χ4n) is 3.72. The van der Waals surface area contributed by atoms with E-state index in [0.717, 1.165) is 37.7 Å². The topological polar surface area (TPSA) is 82.2 Å². The maximum absolute atomic E-state index is 12.6. The molecule has 7 nitrogen and oxygen atoms in total. The quantitative estimate of drug-likeness (QED) is 0.878. The van der Waals surface area contributed by atoms with Crippen LogP contribution in [0, 0.1) is 18.8 Å². The normalized spacial score (nSPS) is 22.7. The van der Waals surface area contributed by atoms with Crippen LogP contribution in [0.5, 0.6) is 0 Å². The van der Waals surface area contributed by atoms with E-state index in [1.165, 1.54) is 12.3 Å². The SMILES string of the molecule is Cc1cc(N2CC3CN(C(=O)c4cc[nH]c(=O)c4)CC3C2)ncn1. The molecule has 2 aromatic heterocycles. The number of aromatic nitrogens is 3. The number of fused-ring (bicyclic) bond motifs is 1. The van der Waals surface area contributed by atoms with Crippen molar-refractivity contribution >= 4 is 11.7 Å². The van der Waals surface area contributed by atoms with Crippen LogP contribution in [0.2, 0.25) is 0 Å². The standard InChI is InChI=1S/C17H19N5O2/c1-11-4-15(20-10-19-11)21-6-13-8-22(9-14(13)7-21)17(24)12-2-3-18-16(23)5-12/h2-5,10,13-14H,6-9H2,1H3,(H,18,23). The van der Waals surface area contributed by atoms with Crippen LogP contribution >= 0.6 is 0 Å². The number of nitrogens with zero attached hydrogens (tertiary/aromatic N) is 4. The van der Waals surface area contributed by atoms with E-state index in [1.807, 2.05) is 17.9 Å². The van der Waals surface area contributed by atoms with Gasteiger partial charge >= 0.3 is 0 Å². The summed E-state index contributed by atoms with van der Waals surface area (Å²) in [5.74, 6) is 1.81. The lowest BCUT2D eigenvalue weighted by Gasteiger charge is -2.22. The summed E-state index contributed by atoms with van der Waals surface area (Å²) in [6.45, 7) is 5.23. The molecule has 2 fully saturated rings. The van der Waals surface area contributed by atoms with Crippen LogP contribution < -0.4 is 10.5 Å². The van der Waals surface area contributed by atoms with Crippen LogP contribution in [0.15, 0.2) is 35.5 Å². The van der Waals surface area contributed by atoms with Gasteiger partial charge in [0.1, 0.15) is 12.1 Å². The Kier molecular flexibility index (Phi) is 3.55. The summed E-state index contributed by atoms with van der Waals surface area (Å²) in [6.07, 6.45) is 3.12. The van der Waals surface area contributed by atoms with Crippen molar-refractivity contribution in [3.63, 3.8) is 0 Å². The highest BCUT2D eigenvalue weighted by Gasteiger charge is 2.42. The van der Waals surface area contributed by atoms with Crippen molar-refractivity contribution in [2.75, 3.05) is 31.1 Å². The van der Waals surface area contributed by atoms with E-state index in [-0.39, 0.29) is 11.5 Å². The molecule has 4 heterocycles. The Balaban J connectivity index is 1.44. The van der Waals surface area contributed by atoms with Crippen molar-refractivity contribution in [1.82, 2.24) is 19.9 Å². The predicted molar refractivity (Wildman–Crippen MR) is 88.9 cm³/mol. The van der Waals surface area contributed by atoms with E-state index in [1.54, 1.807) is 12.4 Å². The van der Waals surface area contributed by atoms with Gasteiger partial charge in [0.25, 0.3) is 5.91 Å². The summed E-state index contributed by atoms with van der Waals surface area (Å²) in [4.78, 5) is 39.1. The van der Waals surface area contributed by atoms with Crippen molar-refractivity contribution in [3.8, 4) is 0 Å². The Morgan fingerprint density at radius 2 is 1.92 bits per heavy atom. The largest absolute Gasteiger partial charge is 0.356 e. The van der Waals surface area contributed by atoms with Gasteiger partial charge in [-0.25, -0.2) is 9.97 Å². The number of anilines is 1. The first-order valence-electron chi connectivity index (χ1n) is 8.12. The third-order valence-corrected chi connectivity index (χ3v) is 4.91. The molecule has 2 aliphatic heterocycles. The fraction of sp³-hybridized carbons (Fsp3) is 0.412. The van der Waals surface area contributed by atoms with Gasteiger partial charge in [-0.15, -0.1) is 0 Å². The first-order valence-corrected chi connectivity index (χ1v) is 8.12. The number of hydrogen-bond donors (Lipinski definition) is 1. The molecule has 2 unspecified atom stereocenters. The molecule has 2 aromatic rings. The van der Waals surface area contributed by atoms with Gasteiger partial charge in [-0.2, -0.15) is 0 Å². The van der Waals surface area contributed by atoms with Crippen LogP contribution in [0.3, 0.4) is 0 Å². The minimum Gasteiger partial charge on any atom is -0.356 e. The molecule has 1 amide bonds. The average molecular weight is 325 g/mol. The van der Waals surface area contributed by atoms with Gasteiger partial charge in [0.2, 0.25) is 5.56 Å². The molecular weight excluding hydrogens is 306 g/mol. The summed E-state index contributed by atoms with van der Waals surface area (Å²) < 4.78 is 0. The second-order valence-corrected chi connectivity index (χ2v) is 6.59. The van der Waals surface area contributed by atoms with Crippen molar-refractivity contribution < 1.29 is 4.79 Å². The van der Waals surface area contributed by atoms with Crippen molar-refractivity contribution in [2.24, 2.45) is 11.8 Å². The molecule has 4 rings (SSSR count). The fourth-order valence-corrected chi connectivity index (χ4v) is 3.72. The maximum Gasteiger partial charge on any atom is 0.254 e. The number of hydrogen-bond acceptors (Lipinski definition) is 5. The molecule has 0 aromatic carbocycles. The van der Waals surface area contributed by atoms with Crippen molar-refractivity contribution in [3.05, 3.63) is 52.3 Å². The molecule has 0 bridgehead atoms. The highest BCUT2D eigenvalue weighted by Crippen LogP contribution is 2.33. The minimum atomic E-state index is -0.245. The smallest absolute Gasteiger partial charge is 0.254 e. The highest BCUT2D eigenvalue weighted by atomic mass is 16.2. The number of pyridine rings is 1. The molecule has 2 atom stereocenters.